The molecule has 2 heteroatoms. The highest BCUT2D eigenvalue weighted by Gasteiger charge is 2.11. The Morgan fingerprint density at radius 2 is 2.31 bits per heavy atom. The molecule has 0 aliphatic rings. The molecular weight excluding hydrogens is 165 g/mol. The fourth-order valence-electron chi connectivity index (χ4n) is 1.41. The minimum atomic E-state index is -0.279. The summed E-state index contributed by atoms with van der Waals surface area (Å²) in [5.41, 5.74) is 7.29. The Morgan fingerprint density at radius 1 is 1.62 bits per heavy atom. The third kappa shape index (κ3) is 2.16. The van der Waals surface area contributed by atoms with Gasteiger partial charge in [0.2, 0.25) is 0 Å². The van der Waals surface area contributed by atoms with Crippen LogP contribution in [0.25, 0.3) is 0 Å². The van der Waals surface area contributed by atoms with Gasteiger partial charge in [0.15, 0.2) is 0 Å². The SMILES string of the molecule is C=CC[C@H](N)c1c(C)cccc1F. The molecule has 0 aliphatic heterocycles. The summed E-state index contributed by atoms with van der Waals surface area (Å²) in [5, 5.41) is 0. The van der Waals surface area contributed by atoms with Crippen LogP contribution in [0.3, 0.4) is 0 Å². The molecule has 0 radical (unpaired) electrons. The number of nitrogens with two attached hydrogens (primary N) is 1. The maximum Gasteiger partial charge on any atom is 0.128 e. The summed E-state index contributed by atoms with van der Waals surface area (Å²) < 4.78 is 13.3. The zero-order valence-corrected chi connectivity index (χ0v) is 7.76. The van der Waals surface area contributed by atoms with Crippen LogP contribution in [0, 0.1) is 12.7 Å². The molecule has 1 rings (SSSR count). The van der Waals surface area contributed by atoms with Gasteiger partial charge in [-0.3, -0.25) is 0 Å². The van der Waals surface area contributed by atoms with Gasteiger partial charge in [0.05, 0.1) is 0 Å². The second-order valence-corrected chi connectivity index (χ2v) is 3.10. The van der Waals surface area contributed by atoms with E-state index in [1.165, 1.54) is 6.07 Å². The molecule has 0 saturated heterocycles. The molecular formula is C11H14FN. The Bertz CT molecular complexity index is 287. The lowest BCUT2D eigenvalue weighted by atomic mass is 9.99. The molecule has 0 heterocycles. The number of halogens is 1. The van der Waals surface area contributed by atoms with Crippen LogP contribution in [0.4, 0.5) is 4.39 Å². The number of hydrogen-bond donors (Lipinski definition) is 1. The van der Waals surface area contributed by atoms with Crippen molar-refractivity contribution in [3.8, 4) is 0 Å². The van der Waals surface area contributed by atoms with Gasteiger partial charge in [-0.25, -0.2) is 4.39 Å². The van der Waals surface area contributed by atoms with Gasteiger partial charge in [0.1, 0.15) is 5.82 Å². The van der Waals surface area contributed by atoms with E-state index in [0.29, 0.717) is 12.0 Å². The third-order valence-corrected chi connectivity index (χ3v) is 2.06. The van der Waals surface area contributed by atoms with Crippen LogP contribution in [-0.2, 0) is 0 Å². The van der Waals surface area contributed by atoms with E-state index in [9.17, 15) is 4.39 Å². The van der Waals surface area contributed by atoms with Crippen molar-refractivity contribution in [3.63, 3.8) is 0 Å². The normalized spacial score (nSPS) is 12.5. The number of rotatable bonds is 3. The van der Waals surface area contributed by atoms with Gasteiger partial charge in [0, 0.05) is 11.6 Å². The Kier molecular flexibility index (Phi) is 3.20. The first-order valence-electron chi connectivity index (χ1n) is 4.28. The van der Waals surface area contributed by atoms with Crippen LogP contribution in [0.15, 0.2) is 30.9 Å². The lowest BCUT2D eigenvalue weighted by molar-refractivity contribution is 0.580. The Balaban J connectivity index is 3.04. The summed E-state index contributed by atoms with van der Waals surface area (Å²) in [7, 11) is 0. The van der Waals surface area contributed by atoms with Gasteiger partial charge in [-0.05, 0) is 25.0 Å². The quantitative estimate of drug-likeness (QED) is 0.709. The first kappa shape index (κ1) is 9.93. The highest BCUT2D eigenvalue weighted by molar-refractivity contribution is 5.30. The van der Waals surface area contributed by atoms with Crippen molar-refractivity contribution in [2.24, 2.45) is 5.73 Å². The van der Waals surface area contributed by atoms with Crippen molar-refractivity contribution in [1.82, 2.24) is 0 Å². The molecule has 2 N–H and O–H groups in total. The number of aryl methyl sites for hydroxylation is 1. The Labute approximate surface area is 78.1 Å². The van der Waals surface area contributed by atoms with Crippen molar-refractivity contribution in [1.29, 1.82) is 0 Å². The standard InChI is InChI=1S/C11H14FN/c1-3-5-10(13)11-8(2)6-4-7-9(11)12/h3-4,6-7,10H,1,5,13H2,2H3/t10-/m0/s1. The van der Waals surface area contributed by atoms with E-state index in [1.54, 1.807) is 12.1 Å². The van der Waals surface area contributed by atoms with Gasteiger partial charge in [-0.2, -0.15) is 0 Å². The summed E-state index contributed by atoms with van der Waals surface area (Å²) in [6.45, 7) is 5.45. The highest BCUT2D eigenvalue weighted by atomic mass is 19.1. The predicted molar refractivity (Wildman–Crippen MR) is 52.9 cm³/mol. The van der Waals surface area contributed by atoms with Gasteiger partial charge in [-0.15, -0.1) is 6.58 Å². The molecule has 0 bridgehead atoms. The van der Waals surface area contributed by atoms with Crippen molar-refractivity contribution in [2.45, 2.75) is 19.4 Å². The zero-order chi connectivity index (χ0) is 9.84. The van der Waals surface area contributed by atoms with Crippen LogP contribution in [0.2, 0.25) is 0 Å². The van der Waals surface area contributed by atoms with Crippen molar-refractivity contribution in [2.75, 3.05) is 0 Å². The van der Waals surface area contributed by atoms with E-state index in [0.717, 1.165) is 5.56 Å². The van der Waals surface area contributed by atoms with Crippen molar-refractivity contribution in [3.05, 3.63) is 47.8 Å². The average Bonchev–Trinajstić information content (AvgIpc) is 2.04. The fourth-order valence-corrected chi connectivity index (χ4v) is 1.41. The van der Waals surface area contributed by atoms with Crippen molar-refractivity contribution >= 4 is 0 Å². The highest BCUT2D eigenvalue weighted by Crippen LogP contribution is 2.21. The van der Waals surface area contributed by atoms with Gasteiger partial charge in [-0.1, -0.05) is 18.2 Å². The van der Waals surface area contributed by atoms with E-state index >= 15 is 0 Å². The monoisotopic (exact) mass is 179 g/mol. The Morgan fingerprint density at radius 3 is 2.85 bits per heavy atom. The van der Waals surface area contributed by atoms with Crippen LogP contribution >= 0.6 is 0 Å². The minimum Gasteiger partial charge on any atom is -0.324 e. The largest absolute Gasteiger partial charge is 0.324 e. The minimum absolute atomic E-state index is 0.227. The van der Waals surface area contributed by atoms with Crippen LogP contribution in [-0.4, -0.2) is 0 Å². The van der Waals surface area contributed by atoms with Crippen LogP contribution < -0.4 is 5.73 Å². The van der Waals surface area contributed by atoms with E-state index in [4.69, 9.17) is 5.73 Å². The van der Waals surface area contributed by atoms with E-state index in [1.807, 2.05) is 13.0 Å². The third-order valence-electron chi connectivity index (χ3n) is 2.06. The molecule has 0 spiro atoms. The first-order chi connectivity index (χ1) is 6.16. The molecule has 1 aromatic carbocycles. The summed E-state index contributed by atoms with van der Waals surface area (Å²) in [4.78, 5) is 0. The summed E-state index contributed by atoms with van der Waals surface area (Å²) in [6, 6.07) is 4.71. The van der Waals surface area contributed by atoms with E-state index in [2.05, 4.69) is 6.58 Å². The molecule has 0 aromatic heterocycles. The zero-order valence-electron chi connectivity index (χ0n) is 7.76. The average molecular weight is 179 g/mol. The molecule has 0 fully saturated rings. The Hall–Kier alpha value is -1.15. The van der Waals surface area contributed by atoms with Crippen LogP contribution in [0.5, 0.6) is 0 Å². The molecule has 0 aliphatic carbocycles. The maximum absolute atomic E-state index is 13.3. The second kappa shape index (κ2) is 4.19. The van der Waals surface area contributed by atoms with E-state index < -0.39 is 0 Å². The topological polar surface area (TPSA) is 26.0 Å². The fraction of sp³-hybridized carbons (Fsp3) is 0.273. The molecule has 0 saturated carbocycles. The van der Waals surface area contributed by atoms with Gasteiger partial charge >= 0.3 is 0 Å². The lowest BCUT2D eigenvalue weighted by Gasteiger charge is -2.13. The van der Waals surface area contributed by atoms with Gasteiger partial charge < -0.3 is 5.73 Å². The molecule has 13 heavy (non-hydrogen) atoms. The summed E-state index contributed by atoms with van der Waals surface area (Å²) in [5.74, 6) is -0.227. The van der Waals surface area contributed by atoms with Crippen molar-refractivity contribution < 1.29 is 4.39 Å². The lowest BCUT2D eigenvalue weighted by Crippen LogP contribution is -2.12. The molecule has 70 valence electrons. The molecule has 1 nitrogen and oxygen atoms in total. The smallest absolute Gasteiger partial charge is 0.128 e. The molecule has 0 unspecified atom stereocenters. The molecule has 0 amide bonds. The number of benzene rings is 1. The summed E-state index contributed by atoms with van der Waals surface area (Å²) in [6.07, 6.45) is 2.30. The second-order valence-electron chi connectivity index (χ2n) is 3.10. The van der Waals surface area contributed by atoms with E-state index in [-0.39, 0.29) is 11.9 Å². The summed E-state index contributed by atoms with van der Waals surface area (Å²) >= 11 is 0. The van der Waals surface area contributed by atoms with Crippen LogP contribution in [0.1, 0.15) is 23.6 Å². The predicted octanol–water partition coefficient (Wildman–Crippen LogP) is 2.71. The number of hydrogen-bond acceptors (Lipinski definition) is 1. The molecule has 1 aromatic rings. The van der Waals surface area contributed by atoms with Gasteiger partial charge in [0.25, 0.3) is 0 Å². The maximum atomic E-state index is 13.3. The first-order valence-corrected chi connectivity index (χ1v) is 4.28. The molecule has 1 atom stereocenters.